The summed E-state index contributed by atoms with van der Waals surface area (Å²) >= 11 is 0. The SMILES string of the molecule is CC(C)c1cc(C(C)C)c(CC(=O)NS(=O)(=O)c2ccc(CN(C)C)cc2)c(C(C)C)c1. The summed E-state index contributed by atoms with van der Waals surface area (Å²) in [5.74, 6) is 0.330. The first-order valence-corrected chi connectivity index (χ1v) is 12.8. The van der Waals surface area contributed by atoms with Crippen molar-refractivity contribution in [2.75, 3.05) is 14.1 Å². The fourth-order valence-corrected chi connectivity index (χ4v) is 4.84. The fourth-order valence-electron chi connectivity index (χ4n) is 3.85. The summed E-state index contributed by atoms with van der Waals surface area (Å²) in [6.45, 7) is 13.5. The van der Waals surface area contributed by atoms with Crippen molar-refractivity contribution >= 4 is 15.9 Å². The Morgan fingerprint density at radius 1 is 0.875 bits per heavy atom. The lowest BCUT2D eigenvalue weighted by Gasteiger charge is -2.22. The number of carbonyl (C=O) groups is 1. The van der Waals surface area contributed by atoms with Crippen LogP contribution in [0.2, 0.25) is 0 Å². The van der Waals surface area contributed by atoms with Crippen LogP contribution in [-0.2, 0) is 27.8 Å². The first-order chi connectivity index (χ1) is 14.8. The van der Waals surface area contributed by atoms with E-state index in [0.29, 0.717) is 5.92 Å². The van der Waals surface area contributed by atoms with Crippen LogP contribution < -0.4 is 4.72 Å². The lowest BCUT2D eigenvalue weighted by Crippen LogP contribution is -2.32. The van der Waals surface area contributed by atoms with Crippen LogP contribution in [-0.4, -0.2) is 33.3 Å². The van der Waals surface area contributed by atoms with Gasteiger partial charge in [0.1, 0.15) is 0 Å². The van der Waals surface area contributed by atoms with Crippen molar-refractivity contribution in [2.45, 2.75) is 77.2 Å². The maximum absolute atomic E-state index is 12.9. The van der Waals surface area contributed by atoms with E-state index in [-0.39, 0.29) is 23.2 Å². The van der Waals surface area contributed by atoms with E-state index in [1.807, 2.05) is 19.0 Å². The van der Waals surface area contributed by atoms with E-state index >= 15 is 0 Å². The minimum atomic E-state index is -3.93. The van der Waals surface area contributed by atoms with Crippen LogP contribution in [0.5, 0.6) is 0 Å². The fraction of sp³-hybridized carbons (Fsp3) is 0.500. The summed E-state index contributed by atoms with van der Waals surface area (Å²) in [5, 5.41) is 0. The van der Waals surface area contributed by atoms with Gasteiger partial charge in [-0.2, -0.15) is 0 Å². The van der Waals surface area contributed by atoms with Gasteiger partial charge in [0.25, 0.3) is 10.0 Å². The Labute approximate surface area is 194 Å². The largest absolute Gasteiger partial charge is 0.305 e. The molecule has 0 saturated carbocycles. The monoisotopic (exact) mass is 458 g/mol. The van der Waals surface area contributed by atoms with Gasteiger partial charge in [-0.05, 0) is 71.8 Å². The van der Waals surface area contributed by atoms with Gasteiger partial charge in [-0.15, -0.1) is 0 Å². The van der Waals surface area contributed by atoms with Crippen LogP contribution >= 0.6 is 0 Å². The average Bonchev–Trinajstić information content (AvgIpc) is 2.66. The molecule has 0 aliphatic rings. The summed E-state index contributed by atoms with van der Waals surface area (Å²) in [6, 6.07) is 11.0. The molecule has 2 rings (SSSR count). The number of amides is 1. The molecule has 0 aliphatic heterocycles. The molecule has 0 unspecified atom stereocenters. The molecule has 0 aliphatic carbocycles. The third kappa shape index (κ3) is 6.66. The van der Waals surface area contributed by atoms with Crippen LogP contribution in [0.25, 0.3) is 0 Å². The van der Waals surface area contributed by atoms with E-state index in [0.717, 1.165) is 28.8 Å². The van der Waals surface area contributed by atoms with Gasteiger partial charge < -0.3 is 4.90 Å². The topological polar surface area (TPSA) is 66.5 Å². The number of rotatable bonds is 9. The molecule has 0 saturated heterocycles. The number of nitrogens with zero attached hydrogens (tertiary/aromatic N) is 1. The highest BCUT2D eigenvalue weighted by Gasteiger charge is 2.22. The Kier molecular flexibility index (Phi) is 8.66. The molecule has 5 nitrogen and oxygen atoms in total. The number of benzene rings is 2. The third-order valence-electron chi connectivity index (χ3n) is 5.57. The smallest absolute Gasteiger partial charge is 0.264 e. The molecule has 0 fully saturated rings. The predicted molar refractivity (Wildman–Crippen MR) is 132 cm³/mol. The van der Waals surface area contributed by atoms with Crippen molar-refractivity contribution in [2.24, 2.45) is 0 Å². The molecule has 32 heavy (non-hydrogen) atoms. The standard InChI is InChI=1S/C26H38N2O3S/c1-17(2)21-13-23(18(3)4)25(24(14-21)19(5)6)15-26(29)27-32(30,31)22-11-9-20(10-12-22)16-28(7)8/h9-14,17-19H,15-16H2,1-8H3,(H,27,29). The average molecular weight is 459 g/mol. The lowest BCUT2D eigenvalue weighted by molar-refractivity contribution is -0.118. The Balaban J connectivity index is 2.32. The van der Waals surface area contributed by atoms with Crippen LogP contribution in [0.1, 0.15) is 87.1 Å². The number of sulfonamides is 1. The molecule has 0 aromatic heterocycles. The predicted octanol–water partition coefficient (Wildman–Crippen LogP) is 5.17. The van der Waals surface area contributed by atoms with Crippen LogP contribution in [0.15, 0.2) is 41.3 Å². The quantitative estimate of drug-likeness (QED) is 0.563. The Hall–Kier alpha value is -2.18. The normalized spacial score (nSPS) is 12.2. The second kappa shape index (κ2) is 10.6. The zero-order valence-electron chi connectivity index (χ0n) is 20.7. The Bertz CT molecular complexity index is 1010. The molecule has 176 valence electrons. The van der Waals surface area contributed by atoms with Crippen LogP contribution in [0, 0.1) is 0 Å². The lowest BCUT2D eigenvalue weighted by atomic mass is 9.83. The molecular weight excluding hydrogens is 420 g/mol. The van der Waals surface area contributed by atoms with E-state index in [2.05, 4.69) is 58.4 Å². The molecule has 0 spiro atoms. The zero-order valence-corrected chi connectivity index (χ0v) is 21.5. The van der Waals surface area contributed by atoms with E-state index in [1.54, 1.807) is 24.3 Å². The maximum Gasteiger partial charge on any atom is 0.264 e. The summed E-state index contributed by atoms with van der Waals surface area (Å²) in [7, 11) is -0.0182. The molecule has 1 amide bonds. The van der Waals surface area contributed by atoms with Gasteiger partial charge in [-0.25, -0.2) is 13.1 Å². The van der Waals surface area contributed by atoms with Crippen molar-refractivity contribution in [3.63, 3.8) is 0 Å². The van der Waals surface area contributed by atoms with Gasteiger partial charge in [-0.3, -0.25) is 4.79 Å². The zero-order chi connectivity index (χ0) is 24.2. The summed E-state index contributed by atoms with van der Waals surface area (Å²) in [4.78, 5) is 15.0. The van der Waals surface area contributed by atoms with Gasteiger partial charge >= 0.3 is 0 Å². The van der Waals surface area contributed by atoms with E-state index in [1.165, 1.54) is 5.56 Å². The number of carbonyl (C=O) groups excluding carboxylic acids is 1. The second-order valence-corrected chi connectivity index (χ2v) is 11.4. The third-order valence-corrected chi connectivity index (χ3v) is 6.96. The van der Waals surface area contributed by atoms with Crippen LogP contribution in [0.3, 0.4) is 0 Å². The molecule has 0 atom stereocenters. The molecule has 0 radical (unpaired) electrons. The molecule has 0 bridgehead atoms. The van der Waals surface area contributed by atoms with E-state index in [4.69, 9.17) is 0 Å². The van der Waals surface area contributed by atoms with Crippen molar-refractivity contribution in [1.29, 1.82) is 0 Å². The van der Waals surface area contributed by atoms with Crippen molar-refractivity contribution in [1.82, 2.24) is 9.62 Å². The molecular formula is C26H38N2O3S. The maximum atomic E-state index is 12.9. The first kappa shape index (κ1) is 26.1. The van der Waals surface area contributed by atoms with Gasteiger partial charge in [-0.1, -0.05) is 65.8 Å². The van der Waals surface area contributed by atoms with Crippen molar-refractivity contribution < 1.29 is 13.2 Å². The van der Waals surface area contributed by atoms with E-state index in [9.17, 15) is 13.2 Å². The molecule has 6 heteroatoms. The summed E-state index contributed by atoms with van der Waals surface area (Å²) < 4.78 is 27.9. The highest BCUT2D eigenvalue weighted by molar-refractivity contribution is 7.90. The van der Waals surface area contributed by atoms with Gasteiger partial charge in [0.15, 0.2) is 0 Å². The molecule has 2 aromatic carbocycles. The molecule has 0 heterocycles. The van der Waals surface area contributed by atoms with E-state index < -0.39 is 15.9 Å². The molecule has 2 aromatic rings. The molecule has 1 N–H and O–H groups in total. The van der Waals surface area contributed by atoms with Gasteiger partial charge in [0.05, 0.1) is 11.3 Å². The minimum Gasteiger partial charge on any atom is -0.305 e. The van der Waals surface area contributed by atoms with Crippen molar-refractivity contribution in [3.05, 3.63) is 64.2 Å². The first-order valence-electron chi connectivity index (χ1n) is 11.3. The van der Waals surface area contributed by atoms with Gasteiger partial charge in [0, 0.05) is 6.54 Å². The Morgan fingerprint density at radius 3 is 1.78 bits per heavy atom. The number of hydrogen-bond acceptors (Lipinski definition) is 4. The van der Waals surface area contributed by atoms with Gasteiger partial charge in [0.2, 0.25) is 5.91 Å². The second-order valence-electron chi connectivity index (χ2n) is 9.73. The highest BCUT2D eigenvalue weighted by Crippen LogP contribution is 2.32. The number of hydrogen-bond donors (Lipinski definition) is 1. The summed E-state index contributed by atoms with van der Waals surface area (Å²) in [6.07, 6.45) is 0.0390. The highest BCUT2D eigenvalue weighted by atomic mass is 32.2. The minimum absolute atomic E-state index is 0.0390. The summed E-state index contributed by atoms with van der Waals surface area (Å²) in [5.41, 5.74) is 5.41. The van der Waals surface area contributed by atoms with Crippen LogP contribution in [0.4, 0.5) is 0 Å². The van der Waals surface area contributed by atoms with Crippen molar-refractivity contribution in [3.8, 4) is 0 Å². The number of nitrogens with one attached hydrogen (secondary N) is 1. The Morgan fingerprint density at radius 2 is 1.38 bits per heavy atom.